The first-order chi connectivity index (χ1) is 11.5. The van der Waals surface area contributed by atoms with Gasteiger partial charge in [0.15, 0.2) is 0 Å². The molecule has 0 aliphatic heterocycles. The number of hydrogen-bond acceptors (Lipinski definition) is 4. The van der Waals surface area contributed by atoms with Crippen LogP contribution in [-0.2, 0) is 21.4 Å². The molecule has 24 heavy (non-hydrogen) atoms. The maximum atomic E-state index is 12.6. The van der Waals surface area contributed by atoms with E-state index in [1.807, 2.05) is 30.3 Å². The lowest BCUT2D eigenvalue weighted by atomic mass is 10.2. The number of para-hydroxylation sites is 1. The van der Waals surface area contributed by atoms with Crippen LogP contribution in [0.1, 0.15) is 25.0 Å². The monoisotopic (exact) mass is 331 g/mol. The van der Waals surface area contributed by atoms with Crippen molar-refractivity contribution in [1.29, 1.82) is 0 Å². The van der Waals surface area contributed by atoms with Crippen molar-refractivity contribution >= 4 is 17.6 Å². The summed E-state index contributed by atoms with van der Waals surface area (Å²) in [4.78, 5) is 35.7. The van der Waals surface area contributed by atoms with Crippen molar-refractivity contribution in [3.8, 4) is 5.69 Å². The highest BCUT2D eigenvalue weighted by molar-refractivity contribution is 5.91. The number of nitrogens with zero attached hydrogens (tertiary/aromatic N) is 2. The third-order valence-corrected chi connectivity index (χ3v) is 3.83. The number of ether oxygens (including phenoxy) is 1. The Morgan fingerprint density at radius 2 is 1.83 bits per heavy atom. The molecule has 7 nitrogen and oxygen atoms in total. The second kappa shape index (κ2) is 7.63. The fraction of sp³-hybridized carbons (Fsp3) is 0.353. The Kier molecular flexibility index (Phi) is 5.57. The largest absolute Gasteiger partial charge is 0.469 e. The molecule has 1 aromatic carbocycles. The Morgan fingerprint density at radius 3 is 2.46 bits per heavy atom. The summed E-state index contributed by atoms with van der Waals surface area (Å²) in [5.74, 6) is -0.657. The summed E-state index contributed by atoms with van der Waals surface area (Å²) in [6, 6.07) is 9.20. The van der Waals surface area contributed by atoms with Crippen molar-refractivity contribution in [1.82, 2.24) is 9.36 Å². The zero-order chi connectivity index (χ0) is 17.7. The van der Waals surface area contributed by atoms with Crippen LogP contribution in [0.4, 0.5) is 5.69 Å². The van der Waals surface area contributed by atoms with Gasteiger partial charge in [0.05, 0.1) is 18.5 Å². The third-order valence-electron chi connectivity index (χ3n) is 3.83. The van der Waals surface area contributed by atoms with E-state index in [-0.39, 0.29) is 36.0 Å². The van der Waals surface area contributed by atoms with Crippen molar-refractivity contribution in [3.05, 3.63) is 46.4 Å². The zero-order valence-corrected chi connectivity index (χ0v) is 14.0. The summed E-state index contributed by atoms with van der Waals surface area (Å²) in [7, 11) is 3.07. The van der Waals surface area contributed by atoms with E-state index in [4.69, 9.17) is 0 Å². The number of hydrogen-bond donors (Lipinski definition) is 1. The number of carbonyl (C=O) groups is 2. The number of anilines is 1. The SMILES string of the molecule is COC(=O)CCCC(=O)Nc1c(C)n(C)n(-c2ccccc2)c1=O. The highest BCUT2D eigenvalue weighted by Gasteiger charge is 2.18. The van der Waals surface area contributed by atoms with Gasteiger partial charge in [0.1, 0.15) is 5.69 Å². The first kappa shape index (κ1) is 17.5. The average molecular weight is 331 g/mol. The molecule has 1 aromatic heterocycles. The van der Waals surface area contributed by atoms with Crippen molar-refractivity contribution < 1.29 is 14.3 Å². The molecule has 2 aromatic rings. The minimum Gasteiger partial charge on any atom is -0.469 e. The van der Waals surface area contributed by atoms with E-state index in [1.165, 1.54) is 11.8 Å². The molecule has 0 spiro atoms. The molecule has 0 aliphatic rings. The number of carbonyl (C=O) groups excluding carboxylic acids is 2. The lowest BCUT2D eigenvalue weighted by molar-refractivity contribution is -0.140. The van der Waals surface area contributed by atoms with Gasteiger partial charge in [-0.25, -0.2) is 4.68 Å². The standard InChI is InChI=1S/C17H21N3O4/c1-12-16(18-14(21)10-7-11-15(22)24-3)17(23)20(19(12)2)13-8-5-4-6-9-13/h4-6,8-9H,7,10-11H2,1-3H3,(H,18,21). The second-order valence-corrected chi connectivity index (χ2v) is 5.41. The molecule has 0 radical (unpaired) electrons. The normalized spacial score (nSPS) is 10.5. The molecular formula is C17H21N3O4. The van der Waals surface area contributed by atoms with E-state index in [9.17, 15) is 14.4 Å². The molecule has 0 bridgehead atoms. The van der Waals surface area contributed by atoms with E-state index in [2.05, 4.69) is 10.1 Å². The lowest BCUT2D eigenvalue weighted by Crippen LogP contribution is -2.22. The first-order valence-corrected chi connectivity index (χ1v) is 7.66. The molecule has 1 N–H and O–H groups in total. The molecule has 7 heteroatoms. The van der Waals surface area contributed by atoms with Gasteiger partial charge in [0, 0.05) is 19.9 Å². The van der Waals surface area contributed by atoms with E-state index in [0.717, 1.165) is 5.69 Å². The number of nitrogens with one attached hydrogen (secondary N) is 1. The van der Waals surface area contributed by atoms with Gasteiger partial charge in [-0.2, -0.15) is 0 Å². The van der Waals surface area contributed by atoms with Gasteiger partial charge in [0.25, 0.3) is 5.56 Å². The molecule has 0 saturated heterocycles. The topological polar surface area (TPSA) is 82.3 Å². The number of aromatic nitrogens is 2. The van der Waals surface area contributed by atoms with Crippen LogP contribution in [0.5, 0.6) is 0 Å². The lowest BCUT2D eigenvalue weighted by Gasteiger charge is -2.07. The molecule has 1 heterocycles. The number of benzene rings is 1. The summed E-state index contributed by atoms with van der Waals surface area (Å²) in [5.41, 5.74) is 1.34. The van der Waals surface area contributed by atoms with Crippen LogP contribution in [-0.4, -0.2) is 28.3 Å². The minimum absolute atomic E-state index is 0.147. The van der Waals surface area contributed by atoms with Crippen molar-refractivity contribution in [3.63, 3.8) is 0 Å². The second-order valence-electron chi connectivity index (χ2n) is 5.41. The van der Waals surface area contributed by atoms with Crippen LogP contribution >= 0.6 is 0 Å². The Balaban J connectivity index is 2.16. The Morgan fingerprint density at radius 1 is 1.17 bits per heavy atom. The quantitative estimate of drug-likeness (QED) is 0.818. The van der Waals surface area contributed by atoms with Gasteiger partial charge in [-0.1, -0.05) is 18.2 Å². The van der Waals surface area contributed by atoms with Gasteiger partial charge in [0.2, 0.25) is 5.91 Å². The summed E-state index contributed by atoms with van der Waals surface area (Å²) < 4.78 is 7.72. The highest BCUT2D eigenvalue weighted by Crippen LogP contribution is 2.14. The van der Waals surface area contributed by atoms with Gasteiger partial charge in [-0.3, -0.25) is 19.1 Å². The molecule has 0 fully saturated rings. The number of methoxy groups -OCH3 is 1. The average Bonchev–Trinajstić information content (AvgIpc) is 2.79. The summed E-state index contributed by atoms with van der Waals surface area (Å²) >= 11 is 0. The van der Waals surface area contributed by atoms with Gasteiger partial charge in [-0.05, 0) is 25.5 Å². The predicted molar refractivity (Wildman–Crippen MR) is 90.2 cm³/mol. The zero-order valence-electron chi connectivity index (χ0n) is 14.0. The van der Waals surface area contributed by atoms with Crippen LogP contribution in [0.2, 0.25) is 0 Å². The number of esters is 1. The summed E-state index contributed by atoms with van der Waals surface area (Å²) in [5, 5.41) is 2.66. The van der Waals surface area contributed by atoms with Gasteiger partial charge < -0.3 is 10.1 Å². The highest BCUT2D eigenvalue weighted by atomic mass is 16.5. The predicted octanol–water partition coefficient (Wildman–Crippen LogP) is 1.77. The first-order valence-electron chi connectivity index (χ1n) is 7.66. The minimum atomic E-state index is -0.356. The number of amides is 1. The molecule has 1 amide bonds. The van der Waals surface area contributed by atoms with E-state index in [0.29, 0.717) is 12.1 Å². The Bertz CT molecular complexity index is 790. The maximum absolute atomic E-state index is 12.6. The van der Waals surface area contributed by atoms with Crippen molar-refractivity contribution in [2.45, 2.75) is 26.2 Å². The summed E-state index contributed by atoms with van der Waals surface area (Å²) in [6.45, 7) is 1.77. The molecule has 2 rings (SSSR count). The molecule has 0 atom stereocenters. The van der Waals surface area contributed by atoms with Crippen LogP contribution in [0, 0.1) is 6.92 Å². The Labute approximate surface area is 139 Å². The third kappa shape index (κ3) is 3.73. The fourth-order valence-corrected chi connectivity index (χ4v) is 2.41. The molecule has 0 unspecified atom stereocenters. The van der Waals surface area contributed by atoms with E-state index in [1.54, 1.807) is 18.7 Å². The van der Waals surface area contributed by atoms with Crippen LogP contribution in [0.15, 0.2) is 35.1 Å². The maximum Gasteiger partial charge on any atom is 0.305 e. The fourth-order valence-electron chi connectivity index (χ4n) is 2.41. The van der Waals surface area contributed by atoms with Crippen LogP contribution in [0.3, 0.4) is 0 Å². The molecular weight excluding hydrogens is 310 g/mol. The Hall–Kier alpha value is -2.83. The number of rotatable bonds is 6. The van der Waals surface area contributed by atoms with Gasteiger partial charge >= 0.3 is 5.97 Å². The molecule has 128 valence electrons. The summed E-state index contributed by atoms with van der Waals surface area (Å²) in [6.07, 6.45) is 0.692. The molecule has 0 saturated carbocycles. The smallest absolute Gasteiger partial charge is 0.305 e. The van der Waals surface area contributed by atoms with E-state index >= 15 is 0 Å². The molecule has 0 aliphatic carbocycles. The van der Waals surface area contributed by atoms with Crippen molar-refractivity contribution in [2.24, 2.45) is 7.05 Å². The van der Waals surface area contributed by atoms with Crippen LogP contribution in [0.25, 0.3) is 5.69 Å². The van der Waals surface area contributed by atoms with Crippen LogP contribution < -0.4 is 10.9 Å². The van der Waals surface area contributed by atoms with E-state index < -0.39 is 0 Å². The van der Waals surface area contributed by atoms with Crippen molar-refractivity contribution in [2.75, 3.05) is 12.4 Å². The van der Waals surface area contributed by atoms with Gasteiger partial charge in [-0.15, -0.1) is 0 Å².